The van der Waals surface area contributed by atoms with Gasteiger partial charge < -0.3 is 0 Å². The lowest BCUT2D eigenvalue weighted by molar-refractivity contribution is -0.140. The molecule has 0 saturated carbocycles. The average Bonchev–Trinajstić information content (AvgIpc) is 2.11. The lowest BCUT2D eigenvalue weighted by Crippen LogP contribution is -2.41. The fourth-order valence-corrected chi connectivity index (χ4v) is 3.78. The monoisotopic (exact) mass is 313 g/mol. The van der Waals surface area contributed by atoms with E-state index in [2.05, 4.69) is 17.4 Å². The Kier molecular flexibility index (Phi) is 4.29. The van der Waals surface area contributed by atoms with E-state index in [0.717, 1.165) is 12.1 Å². The highest BCUT2D eigenvalue weighted by Gasteiger charge is 2.39. The molecule has 0 unspecified atom stereocenters. The standard InChI is InChI=1S/C11H14F3NO2S2/c1-10(2,3)15-19(16,17)9-7(11(12,13)14)5-4-6-8(9)18/h4-6,15,18H,1-3H3. The molecule has 0 atom stereocenters. The Bertz CT molecular complexity index is 575. The summed E-state index contributed by atoms with van der Waals surface area (Å²) in [6.07, 6.45) is -4.76. The Labute approximate surface area is 115 Å². The summed E-state index contributed by atoms with van der Waals surface area (Å²) in [6.45, 7) is 4.62. The minimum Gasteiger partial charge on any atom is -0.207 e. The molecule has 1 aromatic rings. The summed E-state index contributed by atoms with van der Waals surface area (Å²) >= 11 is 3.82. The topological polar surface area (TPSA) is 46.2 Å². The van der Waals surface area contributed by atoms with Crippen LogP contribution in [0.15, 0.2) is 28.0 Å². The number of nitrogens with one attached hydrogen (secondary N) is 1. The van der Waals surface area contributed by atoms with Crippen LogP contribution in [0.5, 0.6) is 0 Å². The van der Waals surface area contributed by atoms with Crippen LogP contribution in [0.25, 0.3) is 0 Å². The summed E-state index contributed by atoms with van der Waals surface area (Å²) < 4.78 is 64.9. The summed E-state index contributed by atoms with van der Waals surface area (Å²) in [5.74, 6) is 0. The number of rotatable bonds is 2. The van der Waals surface area contributed by atoms with Gasteiger partial charge >= 0.3 is 6.18 Å². The van der Waals surface area contributed by atoms with Gasteiger partial charge in [0.05, 0.1) is 5.56 Å². The molecule has 108 valence electrons. The number of benzene rings is 1. The number of sulfonamides is 1. The van der Waals surface area contributed by atoms with Gasteiger partial charge in [-0.2, -0.15) is 13.2 Å². The van der Waals surface area contributed by atoms with Crippen molar-refractivity contribution < 1.29 is 21.6 Å². The highest BCUT2D eigenvalue weighted by Crippen LogP contribution is 2.37. The van der Waals surface area contributed by atoms with Crippen molar-refractivity contribution in [1.82, 2.24) is 4.72 Å². The molecular formula is C11H14F3NO2S2. The molecule has 0 aliphatic carbocycles. The molecule has 0 bridgehead atoms. The Balaban J connectivity index is 3.51. The van der Waals surface area contributed by atoms with Crippen molar-refractivity contribution in [1.29, 1.82) is 0 Å². The summed E-state index contributed by atoms with van der Waals surface area (Å²) in [5, 5.41) is 0. The van der Waals surface area contributed by atoms with Gasteiger partial charge in [-0.05, 0) is 32.9 Å². The highest BCUT2D eigenvalue weighted by molar-refractivity contribution is 7.90. The quantitative estimate of drug-likeness (QED) is 0.824. The number of hydrogen-bond donors (Lipinski definition) is 2. The maximum Gasteiger partial charge on any atom is 0.417 e. The summed E-state index contributed by atoms with van der Waals surface area (Å²) in [4.78, 5) is -1.09. The van der Waals surface area contributed by atoms with Crippen LogP contribution in [0.1, 0.15) is 26.3 Å². The smallest absolute Gasteiger partial charge is 0.207 e. The molecule has 19 heavy (non-hydrogen) atoms. The van der Waals surface area contributed by atoms with Gasteiger partial charge in [-0.3, -0.25) is 0 Å². The van der Waals surface area contributed by atoms with Gasteiger partial charge in [-0.15, -0.1) is 12.6 Å². The molecule has 0 aliphatic rings. The molecule has 0 spiro atoms. The average molecular weight is 313 g/mol. The summed E-state index contributed by atoms with van der Waals surface area (Å²) in [6, 6.07) is 3.04. The lowest BCUT2D eigenvalue weighted by Gasteiger charge is -2.23. The number of hydrogen-bond acceptors (Lipinski definition) is 3. The predicted octanol–water partition coefficient (Wildman–Crippen LogP) is 3.07. The normalized spacial score (nSPS) is 13.6. The highest BCUT2D eigenvalue weighted by atomic mass is 32.2. The molecule has 0 amide bonds. The number of halogens is 3. The van der Waals surface area contributed by atoms with Crippen LogP contribution in [0.2, 0.25) is 0 Å². The first-order chi connectivity index (χ1) is 8.34. The van der Waals surface area contributed by atoms with E-state index in [0.29, 0.717) is 0 Å². The fraction of sp³-hybridized carbons (Fsp3) is 0.455. The van der Waals surface area contributed by atoms with Crippen LogP contribution in [-0.4, -0.2) is 14.0 Å². The Morgan fingerprint density at radius 1 is 1.16 bits per heavy atom. The maximum absolute atomic E-state index is 12.9. The number of alkyl halides is 3. The van der Waals surface area contributed by atoms with Crippen LogP contribution in [0, 0.1) is 0 Å². The largest absolute Gasteiger partial charge is 0.417 e. The van der Waals surface area contributed by atoms with E-state index in [1.165, 1.54) is 6.07 Å². The minimum absolute atomic E-state index is 0.244. The van der Waals surface area contributed by atoms with Crippen molar-refractivity contribution in [2.75, 3.05) is 0 Å². The van der Waals surface area contributed by atoms with Crippen molar-refractivity contribution >= 4 is 22.7 Å². The van der Waals surface area contributed by atoms with E-state index in [9.17, 15) is 21.6 Å². The van der Waals surface area contributed by atoms with E-state index in [1.807, 2.05) is 0 Å². The molecule has 0 aliphatic heterocycles. The first-order valence-electron chi connectivity index (χ1n) is 5.28. The molecule has 8 heteroatoms. The van der Waals surface area contributed by atoms with Crippen LogP contribution in [0.4, 0.5) is 13.2 Å². The van der Waals surface area contributed by atoms with Gasteiger partial charge in [0.1, 0.15) is 4.90 Å². The Morgan fingerprint density at radius 2 is 1.68 bits per heavy atom. The molecule has 0 radical (unpaired) electrons. The third-order valence-corrected chi connectivity index (χ3v) is 4.39. The zero-order valence-electron chi connectivity index (χ0n) is 10.5. The molecule has 0 fully saturated rings. The van der Waals surface area contributed by atoms with Gasteiger partial charge in [0.2, 0.25) is 10.0 Å². The molecule has 0 heterocycles. The van der Waals surface area contributed by atoms with Crippen molar-refractivity contribution in [3.63, 3.8) is 0 Å². The van der Waals surface area contributed by atoms with Gasteiger partial charge in [0.15, 0.2) is 0 Å². The second-order valence-corrected chi connectivity index (χ2v) is 7.11. The lowest BCUT2D eigenvalue weighted by atomic mass is 10.1. The first kappa shape index (κ1) is 16.3. The Hall–Kier alpha value is -0.730. The molecular weight excluding hydrogens is 299 g/mol. The maximum atomic E-state index is 12.9. The zero-order chi connectivity index (χ0) is 15.1. The van der Waals surface area contributed by atoms with Gasteiger partial charge in [-0.1, -0.05) is 6.07 Å². The molecule has 1 rings (SSSR count). The predicted molar refractivity (Wildman–Crippen MR) is 68.8 cm³/mol. The molecule has 1 N–H and O–H groups in total. The van der Waals surface area contributed by atoms with E-state index in [4.69, 9.17) is 0 Å². The number of thiol groups is 1. The molecule has 1 aromatic carbocycles. The van der Waals surface area contributed by atoms with E-state index in [-0.39, 0.29) is 4.90 Å². The fourth-order valence-electron chi connectivity index (χ4n) is 1.48. The van der Waals surface area contributed by atoms with Gasteiger partial charge in [-0.25, -0.2) is 13.1 Å². The zero-order valence-corrected chi connectivity index (χ0v) is 12.2. The van der Waals surface area contributed by atoms with Crippen LogP contribution in [0.3, 0.4) is 0 Å². The van der Waals surface area contributed by atoms with Gasteiger partial charge in [0, 0.05) is 10.4 Å². The van der Waals surface area contributed by atoms with Crippen LogP contribution < -0.4 is 4.72 Å². The summed E-state index contributed by atoms with van der Waals surface area (Å²) in [5.41, 5.74) is -2.12. The minimum atomic E-state index is -4.76. The van der Waals surface area contributed by atoms with Crippen molar-refractivity contribution in [2.24, 2.45) is 0 Å². The van der Waals surface area contributed by atoms with Crippen LogP contribution in [-0.2, 0) is 16.2 Å². The van der Waals surface area contributed by atoms with E-state index in [1.54, 1.807) is 20.8 Å². The van der Waals surface area contributed by atoms with Crippen molar-refractivity contribution in [3.8, 4) is 0 Å². The van der Waals surface area contributed by atoms with Crippen molar-refractivity contribution in [2.45, 2.75) is 42.3 Å². The Morgan fingerprint density at radius 3 is 2.11 bits per heavy atom. The van der Waals surface area contributed by atoms with Crippen molar-refractivity contribution in [3.05, 3.63) is 23.8 Å². The second kappa shape index (κ2) is 4.99. The molecule has 0 aromatic heterocycles. The van der Waals surface area contributed by atoms with Crippen LogP contribution >= 0.6 is 12.6 Å². The van der Waals surface area contributed by atoms with E-state index < -0.39 is 32.2 Å². The SMILES string of the molecule is CC(C)(C)NS(=O)(=O)c1c(S)cccc1C(F)(F)F. The first-order valence-corrected chi connectivity index (χ1v) is 7.21. The third kappa shape index (κ3) is 4.12. The van der Waals surface area contributed by atoms with Gasteiger partial charge in [0.25, 0.3) is 0 Å². The third-order valence-electron chi connectivity index (χ3n) is 2.01. The second-order valence-electron chi connectivity index (χ2n) is 5.01. The van der Waals surface area contributed by atoms with E-state index >= 15 is 0 Å². The summed E-state index contributed by atoms with van der Waals surface area (Å²) in [7, 11) is -4.31. The molecule has 3 nitrogen and oxygen atoms in total. The molecule has 0 saturated heterocycles.